The van der Waals surface area contributed by atoms with Crippen molar-refractivity contribution in [2.24, 2.45) is 0 Å². The minimum atomic E-state index is -4.36. The molecule has 4 nitrogen and oxygen atoms in total. The molecule has 1 aromatic carbocycles. The van der Waals surface area contributed by atoms with Gasteiger partial charge in [0.15, 0.2) is 0 Å². The van der Waals surface area contributed by atoms with E-state index in [1.54, 1.807) is 24.9 Å². The van der Waals surface area contributed by atoms with Gasteiger partial charge in [0, 0.05) is 25.7 Å². The SMILES string of the molecule is Cc1nc2c(c(N(C)Cc3ccccc3C(F)(F)F)n1)CCNC2. The highest BCUT2D eigenvalue weighted by Crippen LogP contribution is 2.33. The van der Waals surface area contributed by atoms with Crippen molar-refractivity contribution in [2.75, 3.05) is 18.5 Å². The molecular formula is C17H19F3N4. The van der Waals surface area contributed by atoms with Crippen LogP contribution in [-0.2, 0) is 25.7 Å². The summed E-state index contributed by atoms with van der Waals surface area (Å²) < 4.78 is 39.6. The standard InChI is InChI=1S/C17H19F3N4/c1-11-22-15-9-21-8-7-13(15)16(23-11)24(2)10-12-5-3-4-6-14(12)17(18,19)20/h3-6,21H,7-10H2,1-2H3. The number of alkyl halides is 3. The molecule has 0 saturated heterocycles. The van der Waals surface area contributed by atoms with Gasteiger partial charge in [-0.15, -0.1) is 0 Å². The van der Waals surface area contributed by atoms with Crippen molar-refractivity contribution in [3.05, 3.63) is 52.5 Å². The first kappa shape index (κ1) is 16.7. The van der Waals surface area contributed by atoms with Gasteiger partial charge in [-0.25, -0.2) is 9.97 Å². The van der Waals surface area contributed by atoms with E-state index < -0.39 is 11.7 Å². The maximum absolute atomic E-state index is 13.2. The zero-order valence-electron chi connectivity index (χ0n) is 13.6. The van der Waals surface area contributed by atoms with Crippen LogP contribution in [0.4, 0.5) is 19.0 Å². The highest BCUT2D eigenvalue weighted by molar-refractivity contribution is 5.50. The average molecular weight is 336 g/mol. The van der Waals surface area contributed by atoms with Gasteiger partial charge in [0.05, 0.1) is 11.3 Å². The van der Waals surface area contributed by atoms with Crippen LogP contribution in [0.15, 0.2) is 24.3 Å². The van der Waals surface area contributed by atoms with Gasteiger partial charge in [0.25, 0.3) is 0 Å². The van der Waals surface area contributed by atoms with Crippen LogP contribution >= 0.6 is 0 Å². The fraction of sp³-hybridized carbons (Fsp3) is 0.412. The number of halogens is 3. The topological polar surface area (TPSA) is 41.1 Å². The van der Waals surface area contributed by atoms with Crippen molar-refractivity contribution in [3.8, 4) is 0 Å². The fourth-order valence-corrected chi connectivity index (χ4v) is 3.04. The molecule has 24 heavy (non-hydrogen) atoms. The van der Waals surface area contributed by atoms with Crippen LogP contribution in [0.25, 0.3) is 0 Å². The lowest BCUT2D eigenvalue weighted by Crippen LogP contribution is -2.29. The van der Waals surface area contributed by atoms with Crippen LogP contribution in [0.5, 0.6) is 0 Å². The normalized spacial score (nSPS) is 14.4. The summed E-state index contributed by atoms with van der Waals surface area (Å²) in [5.41, 5.74) is 1.59. The van der Waals surface area contributed by atoms with Crippen LogP contribution in [0, 0.1) is 6.92 Å². The lowest BCUT2D eigenvalue weighted by atomic mass is 10.0. The number of nitrogens with one attached hydrogen (secondary N) is 1. The third-order valence-electron chi connectivity index (χ3n) is 4.12. The predicted molar refractivity (Wildman–Crippen MR) is 85.7 cm³/mol. The summed E-state index contributed by atoms with van der Waals surface area (Å²) in [6.07, 6.45) is -3.58. The number of hydrogen-bond acceptors (Lipinski definition) is 4. The first-order valence-corrected chi connectivity index (χ1v) is 7.79. The zero-order chi connectivity index (χ0) is 17.3. The summed E-state index contributed by atoms with van der Waals surface area (Å²) >= 11 is 0. The van der Waals surface area contributed by atoms with Gasteiger partial charge in [0.2, 0.25) is 0 Å². The Morgan fingerprint density at radius 2 is 1.96 bits per heavy atom. The Morgan fingerprint density at radius 1 is 1.21 bits per heavy atom. The molecule has 0 amide bonds. The lowest BCUT2D eigenvalue weighted by molar-refractivity contribution is -0.138. The third-order valence-corrected chi connectivity index (χ3v) is 4.12. The van der Waals surface area contributed by atoms with E-state index in [0.29, 0.717) is 12.4 Å². The van der Waals surface area contributed by atoms with Crippen molar-refractivity contribution >= 4 is 5.82 Å². The Labute approximate surface area is 138 Å². The summed E-state index contributed by atoms with van der Waals surface area (Å²) in [5.74, 6) is 1.35. The van der Waals surface area contributed by atoms with E-state index >= 15 is 0 Å². The van der Waals surface area contributed by atoms with Crippen LogP contribution in [-0.4, -0.2) is 23.6 Å². The largest absolute Gasteiger partial charge is 0.416 e. The summed E-state index contributed by atoms with van der Waals surface area (Å²) in [6, 6.07) is 5.67. The van der Waals surface area contributed by atoms with Crippen LogP contribution in [0.1, 0.15) is 28.2 Å². The molecular weight excluding hydrogens is 317 g/mol. The first-order chi connectivity index (χ1) is 11.4. The number of aryl methyl sites for hydroxylation is 1. The van der Waals surface area contributed by atoms with E-state index in [1.165, 1.54) is 12.1 Å². The molecule has 0 atom stereocenters. The molecule has 2 aromatic rings. The van der Waals surface area contributed by atoms with E-state index in [9.17, 15) is 13.2 Å². The Balaban J connectivity index is 1.95. The zero-order valence-corrected chi connectivity index (χ0v) is 13.6. The number of hydrogen-bond donors (Lipinski definition) is 1. The molecule has 128 valence electrons. The maximum Gasteiger partial charge on any atom is 0.416 e. The molecule has 0 unspecified atom stereocenters. The maximum atomic E-state index is 13.2. The van der Waals surface area contributed by atoms with Gasteiger partial charge in [-0.1, -0.05) is 18.2 Å². The molecule has 0 radical (unpaired) electrons. The molecule has 0 fully saturated rings. The van der Waals surface area contributed by atoms with Crippen molar-refractivity contribution in [1.82, 2.24) is 15.3 Å². The molecule has 7 heteroatoms. The van der Waals surface area contributed by atoms with E-state index in [4.69, 9.17) is 0 Å². The minimum Gasteiger partial charge on any atom is -0.355 e. The van der Waals surface area contributed by atoms with Crippen molar-refractivity contribution in [1.29, 1.82) is 0 Å². The summed E-state index contributed by atoms with van der Waals surface area (Å²) in [4.78, 5) is 10.7. The van der Waals surface area contributed by atoms with E-state index in [0.717, 1.165) is 36.1 Å². The van der Waals surface area contributed by atoms with Crippen molar-refractivity contribution in [3.63, 3.8) is 0 Å². The highest BCUT2D eigenvalue weighted by Gasteiger charge is 2.33. The van der Waals surface area contributed by atoms with Gasteiger partial charge in [-0.05, 0) is 31.5 Å². The monoisotopic (exact) mass is 336 g/mol. The van der Waals surface area contributed by atoms with E-state index in [2.05, 4.69) is 15.3 Å². The molecule has 0 spiro atoms. The molecule has 3 rings (SSSR count). The summed E-state index contributed by atoms with van der Waals surface area (Å²) in [6.45, 7) is 3.43. The smallest absolute Gasteiger partial charge is 0.355 e. The van der Waals surface area contributed by atoms with E-state index in [-0.39, 0.29) is 12.1 Å². The van der Waals surface area contributed by atoms with E-state index in [1.807, 2.05) is 0 Å². The average Bonchev–Trinajstić information content (AvgIpc) is 2.53. The van der Waals surface area contributed by atoms with Gasteiger partial charge in [0.1, 0.15) is 11.6 Å². The molecule has 1 aromatic heterocycles. The molecule has 1 N–H and O–H groups in total. The van der Waals surface area contributed by atoms with Gasteiger partial charge >= 0.3 is 6.18 Å². The Morgan fingerprint density at radius 3 is 2.71 bits per heavy atom. The fourth-order valence-electron chi connectivity index (χ4n) is 3.04. The highest BCUT2D eigenvalue weighted by atomic mass is 19.4. The summed E-state index contributed by atoms with van der Waals surface area (Å²) in [5, 5.41) is 3.26. The number of rotatable bonds is 3. The molecule has 1 aliphatic rings. The van der Waals surface area contributed by atoms with Crippen molar-refractivity contribution in [2.45, 2.75) is 32.6 Å². The van der Waals surface area contributed by atoms with Crippen LogP contribution in [0.2, 0.25) is 0 Å². The number of nitrogens with zero attached hydrogens (tertiary/aromatic N) is 3. The molecule has 2 heterocycles. The second-order valence-electron chi connectivity index (χ2n) is 5.96. The summed E-state index contributed by atoms with van der Waals surface area (Å²) in [7, 11) is 1.78. The van der Waals surface area contributed by atoms with Gasteiger partial charge in [-0.3, -0.25) is 0 Å². The Kier molecular flexibility index (Phi) is 4.45. The van der Waals surface area contributed by atoms with Gasteiger partial charge in [-0.2, -0.15) is 13.2 Å². The number of anilines is 1. The van der Waals surface area contributed by atoms with Crippen molar-refractivity contribution < 1.29 is 13.2 Å². The number of aromatic nitrogens is 2. The lowest BCUT2D eigenvalue weighted by Gasteiger charge is -2.26. The molecule has 0 bridgehead atoms. The Hall–Kier alpha value is -2.15. The minimum absolute atomic E-state index is 0.145. The Bertz CT molecular complexity index is 743. The second-order valence-corrected chi connectivity index (χ2v) is 5.96. The molecule has 0 saturated carbocycles. The van der Waals surface area contributed by atoms with Gasteiger partial charge < -0.3 is 10.2 Å². The van der Waals surface area contributed by atoms with Crippen LogP contribution < -0.4 is 10.2 Å². The predicted octanol–water partition coefficient (Wildman–Crippen LogP) is 3.09. The number of benzene rings is 1. The quantitative estimate of drug-likeness (QED) is 0.935. The number of fused-ring (bicyclic) bond motifs is 1. The second kappa shape index (κ2) is 6.39. The third kappa shape index (κ3) is 3.36. The molecule has 1 aliphatic heterocycles. The molecule has 0 aliphatic carbocycles. The first-order valence-electron chi connectivity index (χ1n) is 7.79. The van der Waals surface area contributed by atoms with Crippen LogP contribution in [0.3, 0.4) is 0 Å².